The molecule has 0 fully saturated rings. The minimum Gasteiger partial charge on any atom is -0.494 e. The number of alkyl carbamates (subject to hydrolysis) is 2. The molecule has 3 aromatic carbocycles. The Kier molecular flexibility index (Phi) is 14.0. The highest BCUT2D eigenvalue weighted by atomic mass is 16.6. The van der Waals surface area contributed by atoms with E-state index in [1.807, 2.05) is 128 Å². The minimum absolute atomic E-state index is 0.424. The average molecular weight is 659 g/mol. The molecule has 0 unspecified atom stereocenters. The van der Waals surface area contributed by atoms with Gasteiger partial charge < -0.3 is 29.6 Å². The molecule has 10 heteroatoms. The molecular weight excluding hydrogens is 608 g/mol. The summed E-state index contributed by atoms with van der Waals surface area (Å²) < 4.78 is 22.1. The molecule has 0 heterocycles. The Morgan fingerprint density at radius 1 is 0.625 bits per heavy atom. The number of nitrogens with one attached hydrogen (secondary N) is 2. The number of hydrogen-bond donors (Lipinski definition) is 2. The first-order valence-electron chi connectivity index (χ1n) is 16.3. The molecule has 3 aromatic rings. The van der Waals surface area contributed by atoms with E-state index in [2.05, 4.69) is 20.6 Å². The second kappa shape index (κ2) is 17.9. The Hall–Kier alpha value is -4.86. The zero-order valence-electron chi connectivity index (χ0n) is 29.5. The minimum atomic E-state index is -0.514. The van der Waals surface area contributed by atoms with Crippen molar-refractivity contribution in [2.24, 2.45) is 9.98 Å². The second-order valence-electron chi connectivity index (χ2n) is 13.3. The zero-order chi connectivity index (χ0) is 35.2. The molecule has 0 saturated heterocycles. The van der Waals surface area contributed by atoms with Crippen molar-refractivity contribution in [2.45, 2.75) is 79.4 Å². The van der Waals surface area contributed by atoms with E-state index in [9.17, 15) is 9.59 Å². The first kappa shape index (κ1) is 37.6. The lowest BCUT2D eigenvalue weighted by Gasteiger charge is -2.19. The van der Waals surface area contributed by atoms with Crippen molar-refractivity contribution in [3.63, 3.8) is 0 Å². The number of rotatable bonds is 14. The van der Waals surface area contributed by atoms with Crippen molar-refractivity contribution in [1.29, 1.82) is 0 Å². The number of hydrogen-bond acceptors (Lipinski definition) is 8. The van der Waals surface area contributed by atoms with Crippen molar-refractivity contribution < 1.29 is 28.5 Å². The van der Waals surface area contributed by atoms with Gasteiger partial charge in [0.1, 0.15) is 22.7 Å². The van der Waals surface area contributed by atoms with Crippen LogP contribution in [0.5, 0.6) is 11.5 Å². The zero-order valence-corrected chi connectivity index (χ0v) is 29.5. The summed E-state index contributed by atoms with van der Waals surface area (Å²) >= 11 is 0. The number of aliphatic imine (C=N–C) groups is 2. The summed E-state index contributed by atoms with van der Waals surface area (Å²) in [5, 5.41) is 5.46. The van der Waals surface area contributed by atoms with Crippen molar-refractivity contribution in [1.82, 2.24) is 10.6 Å². The van der Waals surface area contributed by atoms with Crippen molar-refractivity contribution in [3.8, 4) is 11.5 Å². The van der Waals surface area contributed by atoms with Gasteiger partial charge in [-0.3, -0.25) is 9.98 Å². The maximum atomic E-state index is 11.7. The fourth-order valence-electron chi connectivity index (χ4n) is 4.22. The summed E-state index contributed by atoms with van der Waals surface area (Å²) in [6.07, 6.45) is 4.16. The van der Waals surface area contributed by atoms with Gasteiger partial charge in [0.25, 0.3) is 0 Å². The van der Waals surface area contributed by atoms with Crippen LogP contribution in [0.15, 0.2) is 70.6 Å². The Balaban J connectivity index is 1.42. The molecular formula is C38H50N4O6. The number of nitrogens with zero attached hydrogens (tertiary/aromatic N) is 2. The molecule has 0 radical (unpaired) electrons. The summed E-state index contributed by atoms with van der Waals surface area (Å²) in [6.45, 7) is 16.9. The standard InChI is InChI=1S/C38H50N4O6/c1-27-23-31(45-21-9-19-39-35(43)47-37(3,4)5)15-17-33(27)41-25-29-11-13-30(14-12-29)26-42-34-18-16-32(24-28(34)2)46-22-10-20-40-36(44)48-38(6,7)8/h11-18,23-26H,9-10,19-22H2,1-8H3,(H,39,43)(H,40,44). The maximum absolute atomic E-state index is 11.7. The van der Waals surface area contributed by atoms with Gasteiger partial charge in [-0.2, -0.15) is 0 Å². The van der Waals surface area contributed by atoms with Crippen LogP contribution >= 0.6 is 0 Å². The van der Waals surface area contributed by atoms with Crippen LogP contribution in [0.1, 0.15) is 76.6 Å². The topological polar surface area (TPSA) is 120 Å². The molecule has 0 spiro atoms. The number of carbonyl (C=O) groups excluding carboxylic acids is 2. The first-order chi connectivity index (χ1) is 22.7. The van der Waals surface area contributed by atoms with Crippen LogP contribution in [0.4, 0.5) is 21.0 Å². The van der Waals surface area contributed by atoms with E-state index in [-0.39, 0.29) is 0 Å². The summed E-state index contributed by atoms with van der Waals surface area (Å²) in [7, 11) is 0. The Morgan fingerprint density at radius 3 is 1.33 bits per heavy atom. The normalized spacial score (nSPS) is 11.8. The average Bonchev–Trinajstić information content (AvgIpc) is 2.98. The molecule has 3 rings (SSSR count). The van der Waals surface area contributed by atoms with Crippen LogP contribution in [0.2, 0.25) is 0 Å². The summed E-state index contributed by atoms with van der Waals surface area (Å²) in [5.74, 6) is 1.52. The maximum Gasteiger partial charge on any atom is 0.407 e. The first-order valence-corrected chi connectivity index (χ1v) is 16.3. The molecule has 0 aliphatic heterocycles. The lowest BCUT2D eigenvalue weighted by molar-refractivity contribution is 0.0513. The van der Waals surface area contributed by atoms with E-state index >= 15 is 0 Å². The van der Waals surface area contributed by atoms with Gasteiger partial charge in [-0.25, -0.2) is 9.59 Å². The fraction of sp³-hybridized carbons (Fsp3) is 0.421. The molecule has 0 aromatic heterocycles. The van der Waals surface area contributed by atoms with Gasteiger partial charge in [0.05, 0.1) is 24.6 Å². The van der Waals surface area contributed by atoms with Gasteiger partial charge in [-0.15, -0.1) is 0 Å². The van der Waals surface area contributed by atoms with Crippen LogP contribution in [0.25, 0.3) is 0 Å². The monoisotopic (exact) mass is 658 g/mol. The number of benzene rings is 3. The molecule has 2 N–H and O–H groups in total. The van der Waals surface area contributed by atoms with Gasteiger partial charge in [-0.05, 0) is 127 Å². The predicted octanol–water partition coefficient (Wildman–Crippen LogP) is 8.39. The van der Waals surface area contributed by atoms with E-state index in [4.69, 9.17) is 18.9 Å². The van der Waals surface area contributed by atoms with Crippen molar-refractivity contribution in [3.05, 3.63) is 82.9 Å². The van der Waals surface area contributed by atoms with Crippen LogP contribution < -0.4 is 20.1 Å². The molecule has 2 amide bonds. The van der Waals surface area contributed by atoms with Gasteiger partial charge in [0.2, 0.25) is 0 Å². The van der Waals surface area contributed by atoms with Gasteiger partial charge >= 0.3 is 12.2 Å². The Bertz CT molecular complexity index is 1440. The van der Waals surface area contributed by atoms with Crippen LogP contribution in [0, 0.1) is 13.8 Å². The molecule has 10 nitrogen and oxygen atoms in total. The van der Waals surface area contributed by atoms with Crippen LogP contribution in [-0.2, 0) is 9.47 Å². The predicted molar refractivity (Wildman–Crippen MR) is 192 cm³/mol. The number of amides is 2. The number of ether oxygens (including phenoxy) is 4. The molecule has 0 aliphatic rings. The van der Waals surface area contributed by atoms with Crippen LogP contribution in [0.3, 0.4) is 0 Å². The van der Waals surface area contributed by atoms with E-state index in [0.717, 1.165) is 45.1 Å². The summed E-state index contributed by atoms with van der Waals surface area (Å²) in [4.78, 5) is 32.8. The number of carbonyl (C=O) groups is 2. The molecule has 0 bridgehead atoms. The third-order valence-corrected chi connectivity index (χ3v) is 6.49. The second-order valence-corrected chi connectivity index (χ2v) is 13.3. The molecule has 258 valence electrons. The highest BCUT2D eigenvalue weighted by molar-refractivity contribution is 5.86. The third kappa shape index (κ3) is 14.7. The van der Waals surface area contributed by atoms with Gasteiger partial charge in [0, 0.05) is 25.5 Å². The summed E-state index contributed by atoms with van der Waals surface area (Å²) in [6, 6.07) is 19.6. The Labute approximate surface area is 285 Å². The molecule has 0 saturated carbocycles. The lowest BCUT2D eigenvalue weighted by atomic mass is 10.1. The van der Waals surface area contributed by atoms with E-state index in [0.29, 0.717) is 39.1 Å². The van der Waals surface area contributed by atoms with Gasteiger partial charge in [0.15, 0.2) is 0 Å². The van der Waals surface area contributed by atoms with E-state index in [1.54, 1.807) is 0 Å². The quantitative estimate of drug-likeness (QED) is 0.133. The molecule has 48 heavy (non-hydrogen) atoms. The smallest absolute Gasteiger partial charge is 0.407 e. The van der Waals surface area contributed by atoms with Crippen LogP contribution in [-0.4, -0.2) is 62.1 Å². The van der Waals surface area contributed by atoms with E-state index in [1.165, 1.54) is 0 Å². The largest absolute Gasteiger partial charge is 0.494 e. The Morgan fingerprint density at radius 2 is 1.00 bits per heavy atom. The molecule has 0 aliphatic carbocycles. The highest BCUT2D eigenvalue weighted by Gasteiger charge is 2.16. The third-order valence-electron chi connectivity index (χ3n) is 6.49. The van der Waals surface area contributed by atoms with E-state index < -0.39 is 23.4 Å². The SMILES string of the molecule is Cc1cc(OCCCNC(=O)OC(C)(C)C)ccc1N=Cc1ccc(C=Nc2ccc(OCCCNC(=O)OC(C)(C)C)cc2C)cc1. The highest BCUT2D eigenvalue weighted by Crippen LogP contribution is 2.25. The summed E-state index contributed by atoms with van der Waals surface area (Å²) in [5.41, 5.74) is 4.65. The molecule has 0 atom stereocenters. The van der Waals surface area contributed by atoms with Gasteiger partial charge in [-0.1, -0.05) is 24.3 Å². The fourth-order valence-corrected chi connectivity index (χ4v) is 4.22. The lowest BCUT2D eigenvalue weighted by Crippen LogP contribution is -2.33. The number of aryl methyl sites for hydroxylation is 2. The van der Waals surface area contributed by atoms with Crippen molar-refractivity contribution in [2.75, 3.05) is 26.3 Å². The van der Waals surface area contributed by atoms with Crippen molar-refractivity contribution >= 4 is 36.0 Å².